The fourth-order valence-electron chi connectivity index (χ4n) is 0.753. The molecule has 5 heteroatoms. The topological polar surface area (TPSA) is 26.3 Å². The van der Waals surface area contributed by atoms with Gasteiger partial charge < -0.3 is 4.74 Å². The van der Waals surface area contributed by atoms with E-state index in [9.17, 15) is 18.0 Å². The molecule has 0 aliphatic heterocycles. The standard InChI is InChI=1S/C9H13F3O2/c1-4-14-7(6(2)3)5-8(13)9(10,11)12/h5-6H,4H2,1-3H3/b7-5-. The third-order valence-electron chi connectivity index (χ3n) is 1.43. The molecule has 0 aromatic carbocycles. The van der Waals surface area contributed by atoms with E-state index in [4.69, 9.17) is 4.74 Å². The minimum atomic E-state index is -4.82. The van der Waals surface area contributed by atoms with Crippen LogP contribution >= 0.6 is 0 Å². The Labute approximate surface area is 80.7 Å². The van der Waals surface area contributed by atoms with Gasteiger partial charge in [0.15, 0.2) is 0 Å². The first kappa shape index (κ1) is 13.0. The highest BCUT2D eigenvalue weighted by atomic mass is 19.4. The van der Waals surface area contributed by atoms with Crippen LogP contribution in [0.15, 0.2) is 11.8 Å². The molecule has 0 saturated heterocycles. The minimum absolute atomic E-state index is 0.0647. The van der Waals surface area contributed by atoms with E-state index in [2.05, 4.69) is 0 Å². The van der Waals surface area contributed by atoms with Gasteiger partial charge in [0.1, 0.15) is 5.76 Å². The summed E-state index contributed by atoms with van der Waals surface area (Å²) in [5.74, 6) is -2.05. The minimum Gasteiger partial charge on any atom is -0.498 e. The molecule has 0 aliphatic carbocycles. The summed E-state index contributed by atoms with van der Waals surface area (Å²) in [6.07, 6.45) is -4.31. The Balaban J connectivity index is 4.66. The maximum absolute atomic E-state index is 11.9. The van der Waals surface area contributed by atoms with E-state index in [1.807, 2.05) is 0 Å². The zero-order valence-corrected chi connectivity index (χ0v) is 8.31. The Bertz CT molecular complexity index is 229. The molecule has 0 N–H and O–H groups in total. The number of ether oxygens (including phenoxy) is 1. The average molecular weight is 210 g/mol. The molecule has 82 valence electrons. The van der Waals surface area contributed by atoms with Gasteiger partial charge in [0.2, 0.25) is 0 Å². The molecule has 0 saturated carbocycles. The number of carbonyl (C=O) groups excluding carboxylic acids is 1. The quantitative estimate of drug-likeness (QED) is 0.526. The number of allylic oxidation sites excluding steroid dienone is 2. The summed E-state index contributed by atoms with van der Waals surface area (Å²) >= 11 is 0. The van der Waals surface area contributed by atoms with Crippen molar-refractivity contribution in [2.24, 2.45) is 5.92 Å². The summed E-state index contributed by atoms with van der Waals surface area (Å²) in [5.41, 5.74) is 0. The van der Waals surface area contributed by atoms with Crippen molar-refractivity contribution in [2.75, 3.05) is 6.61 Å². The third-order valence-corrected chi connectivity index (χ3v) is 1.43. The summed E-state index contributed by atoms with van der Waals surface area (Å²) in [6, 6.07) is 0. The highest BCUT2D eigenvalue weighted by molar-refractivity contribution is 5.94. The summed E-state index contributed by atoms with van der Waals surface area (Å²) in [4.78, 5) is 10.6. The normalized spacial score (nSPS) is 13.2. The molecule has 0 aromatic rings. The lowest BCUT2D eigenvalue weighted by molar-refractivity contribution is -0.165. The first-order valence-electron chi connectivity index (χ1n) is 4.24. The van der Waals surface area contributed by atoms with Crippen molar-refractivity contribution in [1.82, 2.24) is 0 Å². The highest BCUT2D eigenvalue weighted by Gasteiger charge is 2.37. The number of hydrogen-bond acceptors (Lipinski definition) is 2. The Hall–Kier alpha value is -1.00. The Morgan fingerprint density at radius 2 is 1.93 bits per heavy atom. The van der Waals surface area contributed by atoms with Crippen LogP contribution in [0.4, 0.5) is 13.2 Å². The van der Waals surface area contributed by atoms with Gasteiger partial charge in [0.25, 0.3) is 5.78 Å². The highest BCUT2D eigenvalue weighted by Crippen LogP contribution is 2.19. The molecular weight excluding hydrogens is 197 g/mol. The maximum atomic E-state index is 11.9. The smallest absolute Gasteiger partial charge is 0.454 e. The molecular formula is C9H13F3O2. The van der Waals surface area contributed by atoms with Crippen LogP contribution in [0.1, 0.15) is 20.8 Å². The van der Waals surface area contributed by atoms with Crippen LogP contribution in [0.3, 0.4) is 0 Å². The molecule has 0 atom stereocenters. The van der Waals surface area contributed by atoms with E-state index >= 15 is 0 Å². The molecule has 2 nitrogen and oxygen atoms in total. The van der Waals surface area contributed by atoms with Gasteiger partial charge in [0, 0.05) is 12.0 Å². The van der Waals surface area contributed by atoms with Crippen molar-refractivity contribution in [3.8, 4) is 0 Å². The van der Waals surface area contributed by atoms with Gasteiger partial charge in [0.05, 0.1) is 6.61 Å². The van der Waals surface area contributed by atoms with E-state index < -0.39 is 12.0 Å². The summed E-state index contributed by atoms with van der Waals surface area (Å²) in [6.45, 7) is 5.21. The molecule has 0 rings (SSSR count). The zero-order chi connectivity index (χ0) is 11.4. The van der Waals surface area contributed by atoms with Gasteiger partial charge in [-0.05, 0) is 6.92 Å². The van der Waals surface area contributed by atoms with Gasteiger partial charge in [-0.1, -0.05) is 13.8 Å². The first-order chi connectivity index (χ1) is 6.29. The van der Waals surface area contributed by atoms with E-state index in [1.54, 1.807) is 20.8 Å². The molecule has 0 fully saturated rings. The summed E-state index contributed by atoms with van der Waals surface area (Å²) in [5, 5.41) is 0. The molecule has 0 bridgehead atoms. The zero-order valence-electron chi connectivity index (χ0n) is 8.31. The lowest BCUT2D eigenvalue weighted by Crippen LogP contribution is -2.21. The van der Waals surface area contributed by atoms with Gasteiger partial charge in [-0.3, -0.25) is 4.79 Å². The Morgan fingerprint density at radius 3 is 2.21 bits per heavy atom. The van der Waals surface area contributed by atoms with Crippen molar-refractivity contribution < 1.29 is 22.7 Å². The largest absolute Gasteiger partial charge is 0.498 e. The van der Waals surface area contributed by atoms with E-state index in [0.29, 0.717) is 6.08 Å². The predicted molar refractivity (Wildman–Crippen MR) is 45.6 cm³/mol. The van der Waals surface area contributed by atoms with Crippen LogP contribution in [0.5, 0.6) is 0 Å². The Morgan fingerprint density at radius 1 is 1.43 bits per heavy atom. The molecule has 0 aliphatic rings. The Kier molecular flexibility index (Phi) is 4.67. The maximum Gasteiger partial charge on any atom is 0.454 e. The molecule has 0 unspecified atom stereocenters. The number of alkyl halides is 3. The molecule has 0 amide bonds. The second-order valence-electron chi connectivity index (χ2n) is 3.00. The van der Waals surface area contributed by atoms with E-state index in [-0.39, 0.29) is 18.3 Å². The van der Waals surface area contributed by atoms with Gasteiger partial charge in [-0.15, -0.1) is 0 Å². The van der Waals surface area contributed by atoms with Gasteiger partial charge in [-0.25, -0.2) is 0 Å². The van der Waals surface area contributed by atoms with Crippen molar-refractivity contribution >= 4 is 5.78 Å². The predicted octanol–water partition coefficient (Wildman–Crippen LogP) is 2.69. The summed E-state index contributed by atoms with van der Waals surface area (Å²) in [7, 11) is 0. The monoisotopic (exact) mass is 210 g/mol. The first-order valence-corrected chi connectivity index (χ1v) is 4.24. The summed E-state index contributed by atoms with van der Waals surface area (Å²) < 4.78 is 40.5. The fourth-order valence-corrected chi connectivity index (χ4v) is 0.753. The van der Waals surface area contributed by atoms with Crippen molar-refractivity contribution in [1.29, 1.82) is 0 Å². The molecule has 0 spiro atoms. The number of hydrogen-bond donors (Lipinski definition) is 0. The van der Waals surface area contributed by atoms with E-state index in [0.717, 1.165) is 0 Å². The van der Waals surface area contributed by atoms with Gasteiger partial charge in [-0.2, -0.15) is 13.2 Å². The number of ketones is 1. The number of halogens is 3. The molecule has 14 heavy (non-hydrogen) atoms. The van der Waals surface area contributed by atoms with Crippen molar-refractivity contribution in [2.45, 2.75) is 26.9 Å². The van der Waals surface area contributed by atoms with Crippen molar-refractivity contribution in [3.63, 3.8) is 0 Å². The number of carbonyl (C=O) groups is 1. The van der Waals surface area contributed by atoms with Crippen LogP contribution in [0.2, 0.25) is 0 Å². The fraction of sp³-hybridized carbons (Fsp3) is 0.667. The third kappa shape index (κ3) is 4.30. The van der Waals surface area contributed by atoms with Crippen LogP contribution in [-0.2, 0) is 9.53 Å². The molecule has 0 aromatic heterocycles. The molecule has 0 heterocycles. The van der Waals surface area contributed by atoms with Crippen LogP contribution < -0.4 is 0 Å². The average Bonchev–Trinajstić information content (AvgIpc) is 2.01. The van der Waals surface area contributed by atoms with Crippen LogP contribution in [0, 0.1) is 5.92 Å². The van der Waals surface area contributed by atoms with Crippen molar-refractivity contribution in [3.05, 3.63) is 11.8 Å². The van der Waals surface area contributed by atoms with Crippen LogP contribution in [-0.4, -0.2) is 18.6 Å². The van der Waals surface area contributed by atoms with Crippen LogP contribution in [0.25, 0.3) is 0 Å². The second-order valence-corrected chi connectivity index (χ2v) is 3.00. The lowest BCUT2D eigenvalue weighted by atomic mass is 10.1. The SMILES string of the molecule is CCO/C(=C\C(=O)C(F)(F)F)C(C)C. The molecule has 0 radical (unpaired) electrons. The van der Waals surface area contributed by atoms with E-state index in [1.165, 1.54) is 0 Å². The second kappa shape index (κ2) is 5.02. The lowest BCUT2D eigenvalue weighted by Gasteiger charge is -2.12. The number of rotatable bonds is 4. The van der Waals surface area contributed by atoms with Gasteiger partial charge >= 0.3 is 6.18 Å².